The first-order valence-corrected chi connectivity index (χ1v) is 11.4. The van der Waals surface area contributed by atoms with E-state index in [1.807, 2.05) is 22.8 Å². The number of H-pyrrole nitrogens is 1. The van der Waals surface area contributed by atoms with Gasteiger partial charge in [-0.1, -0.05) is 6.07 Å². The van der Waals surface area contributed by atoms with Crippen LogP contribution in [0.4, 0.5) is 4.39 Å². The van der Waals surface area contributed by atoms with Gasteiger partial charge in [0.05, 0.1) is 23.2 Å². The molecule has 35 heavy (non-hydrogen) atoms. The van der Waals surface area contributed by atoms with Crippen molar-refractivity contribution in [3.63, 3.8) is 0 Å². The highest BCUT2D eigenvalue weighted by atomic mass is 19.1. The van der Waals surface area contributed by atoms with Crippen LogP contribution >= 0.6 is 0 Å². The van der Waals surface area contributed by atoms with Crippen LogP contribution in [0.15, 0.2) is 53.5 Å². The highest BCUT2D eigenvalue weighted by Crippen LogP contribution is 2.43. The minimum absolute atomic E-state index is 0.100. The molecular weight excluding hydrogens is 451 g/mol. The van der Waals surface area contributed by atoms with Crippen LogP contribution in [0, 0.1) is 5.82 Å². The summed E-state index contributed by atoms with van der Waals surface area (Å²) >= 11 is 0. The molecule has 6 heterocycles. The molecule has 5 aromatic heterocycles. The average molecular weight is 470 g/mol. The molecule has 2 aliphatic rings. The summed E-state index contributed by atoms with van der Waals surface area (Å²) in [6, 6.07) is 8.34. The molecule has 1 amide bonds. The first-order valence-electron chi connectivity index (χ1n) is 11.4. The Morgan fingerprint density at radius 3 is 2.94 bits per heavy atom. The molecule has 7 rings (SSSR count). The fourth-order valence-electron chi connectivity index (χ4n) is 4.80. The minimum Gasteiger partial charge on any atom is -0.411 e. The van der Waals surface area contributed by atoms with Crippen molar-refractivity contribution in [1.82, 2.24) is 39.7 Å². The quantitative estimate of drug-likeness (QED) is 0.428. The summed E-state index contributed by atoms with van der Waals surface area (Å²) in [6.07, 6.45) is 7.90. The molecule has 11 heteroatoms. The average Bonchev–Trinajstić information content (AvgIpc) is 3.25. The van der Waals surface area contributed by atoms with E-state index in [1.165, 1.54) is 36.7 Å². The highest BCUT2D eigenvalue weighted by Gasteiger charge is 2.38. The lowest BCUT2D eigenvalue weighted by Crippen LogP contribution is -2.41. The van der Waals surface area contributed by atoms with Crippen LogP contribution in [0.5, 0.6) is 0 Å². The molecule has 1 saturated carbocycles. The number of rotatable bonds is 4. The molecule has 1 atom stereocenters. The normalized spacial score (nSPS) is 17.6. The van der Waals surface area contributed by atoms with Crippen LogP contribution in [-0.2, 0) is 6.42 Å². The van der Waals surface area contributed by atoms with Gasteiger partial charge in [0.25, 0.3) is 5.89 Å². The molecule has 0 saturated heterocycles. The molecule has 1 aliphatic carbocycles. The fourth-order valence-corrected chi connectivity index (χ4v) is 4.80. The summed E-state index contributed by atoms with van der Waals surface area (Å²) in [5.74, 6) is -0.919. The maximum absolute atomic E-state index is 14.1. The molecule has 1 unspecified atom stereocenters. The third-order valence-electron chi connectivity index (χ3n) is 6.61. The van der Waals surface area contributed by atoms with E-state index in [0.29, 0.717) is 24.6 Å². The largest absolute Gasteiger partial charge is 0.411 e. The number of hydrogen-bond donors (Lipinski definition) is 1. The lowest BCUT2D eigenvalue weighted by Gasteiger charge is -2.32. The number of fused-ring (bicyclic) bond motifs is 2. The van der Waals surface area contributed by atoms with Crippen molar-refractivity contribution in [2.45, 2.75) is 31.2 Å². The predicted octanol–water partition coefficient (Wildman–Crippen LogP) is 3.31. The van der Waals surface area contributed by atoms with Gasteiger partial charge >= 0.3 is 11.8 Å². The van der Waals surface area contributed by atoms with Gasteiger partial charge in [-0.15, -0.1) is 10.2 Å². The molecule has 0 bridgehead atoms. The lowest BCUT2D eigenvalue weighted by molar-refractivity contribution is 0.0646. The molecule has 5 aromatic rings. The third kappa shape index (κ3) is 3.22. The fraction of sp³-hybridized carbons (Fsp3) is 0.250. The first-order chi connectivity index (χ1) is 17.2. The number of nitrogens with one attached hydrogen (secondary N) is 1. The summed E-state index contributed by atoms with van der Waals surface area (Å²) in [5, 5.41) is 12.6. The second kappa shape index (κ2) is 7.55. The number of halogens is 1. The third-order valence-corrected chi connectivity index (χ3v) is 6.61. The molecular formula is C24H19FN8O2. The van der Waals surface area contributed by atoms with Gasteiger partial charge in [-0.05, 0) is 48.6 Å². The van der Waals surface area contributed by atoms with E-state index in [1.54, 1.807) is 11.2 Å². The lowest BCUT2D eigenvalue weighted by atomic mass is 9.99. The van der Waals surface area contributed by atoms with Crippen molar-refractivity contribution in [1.29, 1.82) is 0 Å². The van der Waals surface area contributed by atoms with Gasteiger partial charge in [0.1, 0.15) is 6.04 Å². The molecule has 0 radical (unpaired) electrons. The van der Waals surface area contributed by atoms with Crippen molar-refractivity contribution in [2.75, 3.05) is 6.54 Å². The van der Waals surface area contributed by atoms with Crippen LogP contribution in [0.3, 0.4) is 0 Å². The predicted molar refractivity (Wildman–Crippen MR) is 120 cm³/mol. The Morgan fingerprint density at radius 2 is 2.09 bits per heavy atom. The molecule has 1 aliphatic heterocycles. The Morgan fingerprint density at radius 1 is 1.17 bits per heavy atom. The van der Waals surface area contributed by atoms with E-state index >= 15 is 0 Å². The topological polar surface area (TPSA) is 118 Å². The maximum atomic E-state index is 14.1. The second-order valence-electron chi connectivity index (χ2n) is 8.80. The summed E-state index contributed by atoms with van der Waals surface area (Å²) in [5.41, 5.74) is 4.59. The minimum atomic E-state index is -0.608. The van der Waals surface area contributed by atoms with E-state index in [0.717, 1.165) is 16.9 Å². The zero-order valence-corrected chi connectivity index (χ0v) is 18.4. The molecule has 174 valence electrons. The molecule has 1 fully saturated rings. The number of aromatic amines is 1. The number of nitrogens with zero attached hydrogens (tertiary/aromatic N) is 7. The first kappa shape index (κ1) is 20.0. The van der Waals surface area contributed by atoms with E-state index in [9.17, 15) is 9.18 Å². The number of carbonyl (C=O) groups excluding carboxylic acids is 1. The maximum Gasteiger partial charge on any atom is 0.312 e. The van der Waals surface area contributed by atoms with Gasteiger partial charge in [0.15, 0.2) is 11.5 Å². The van der Waals surface area contributed by atoms with Crippen molar-refractivity contribution < 1.29 is 13.6 Å². The van der Waals surface area contributed by atoms with E-state index in [-0.39, 0.29) is 17.5 Å². The van der Waals surface area contributed by atoms with Gasteiger partial charge in [0.2, 0.25) is 0 Å². The van der Waals surface area contributed by atoms with Crippen molar-refractivity contribution in [2.24, 2.45) is 0 Å². The SMILES string of the molecule is O=C(c1nnc(-c2ncccc2F)o1)N1CCc2[nH]cnc2C1c1cc2c(C3CC3)cccn2n1. The van der Waals surface area contributed by atoms with Crippen LogP contribution in [0.25, 0.3) is 17.1 Å². The zero-order valence-electron chi connectivity index (χ0n) is 18.4. The van der Waals surface area contributed by atoms with Gasteiger partial charge in [-0.3, -0.25) is 4.79 Å². The number of pyridine rings is 2. The highest BCUT2D eigenvalue weighted by molar-refractivity contribution is 5.90. The number of aromatic nitrogens is 7. The monoisotopic (exact) mass is 470 g/mol. The zero-order chi connectivity index (χ0) is 23.5. The summed E-state index contributed by atoms with van der Waals surface area (Å²) in [4.78, 5) is 26.9. The summed E-state index contributed by atoms with van der Waals surface area (Å²) in [6.45, 7) is 0.401. The Kier molecular flexibility index (Phi) is 4.32. The van der Waals surface area contributed by atoms with E-state index < -0.39 is 17.8 Å². The number of imidazole rings is 1. The Balaban J connectivity index is 1.29. The van der Waals surface area contributed by atoms with Crippen molar-refractivity contribution >= 4 is 11.4 Å². The Hall–Kier alpha value is -4.41. The second-order valence-corrected chi connectivity index (χ2v) is 8.80. The van der Waals surface area contributed by atoms with E-state index in [2.05, 4.69) is 31.2 Å². The smallest absolute Gasteiger partial charge is 0.312 e. The van der Waals surface area contributed by atoms with Crippen LogP contribution < -0.4 is 0 Å². The van der Waals surface area contributed by atoms with Crippen molar-refractivity contribution in [3.8, 4) is 11.6 Å². The van der Waals surface area contributed by atoms with Gasteiger partial charge < -0.3 is 14.3 Å². The summed E-state index contributed by atoms with van der Waals surface area (Å²) < 4.78 is 21.6. The van der Waals surface area contributed by atoms with Crippen LogP contribution in [-0.4, -0.2) is 52.1 Å². The number of amides is 1. The molecule has 1 N–H and O–H groups in total. The molecule has 10 nitrogen and oxygen atoms in total. The Bertz CT molecular complexity index is 1580. The standard InChI is InChI=1S/C24H19FN8O2/c25-15-4-1-8-26-19(15)22-29-30-23(35-22)24(34)32-10-7-16-20(28-12-27-16)21(32)17-11-18-14(13-5-6-13)3-2-9-33(18)31-17/h1-4,8-9,11-13,21H,5-7,10H2,(H,27,28). The van der Waals surface area contributed by atoms with Gasteiger partial charge in [-0.2, -0.15) is 5.10 Å². The van der Waals surface area contributed by atoms with Gasteiger partial charge in [-0.25, -0.2) is 18.9 Å². The Labute approximate surface area is 197 Å². The summed E-state index contributed by atoms with van der Waals surface area (Å²) in [7, 11) is 0. The molecule has 0 aromatic carbocycles. The van der Waals surface area contributed by atoms with Gasteiger partial charge in [0, 0.05) is 31.1 Å². The van der Waals surface area contributed by atoms with E-state index in [4.69, 9.17) is 9.52 Å². The van der Waals surface area contributed by atoms with Crippen LogP contribution in [0.1, 0.15) is 58.1 Å². The number of carbonyl (C=O) groups is 1. The van der Waals surface area contributed by atoms with Crippen LogP contribution in [0.2, 0.25) is 0 Å². The molecule has 0 spiro atoms. The number of hydrogen-bond acceptors (Lipinski definition) is 7. The van der Waals surface area contributed by atoms with Crippen molar-refractivity contribution in [3.05, 3.63) is 83.4 Å².